The number of amides is 2. The smallest absolute Gasteiger partial charge is 0.254 e. The first kappa shape index (κ1) is 22.6. The second kappa shape index (κ2) is 8.66. The van der Waals surface area contributed by atoms with E-state index in [9.17, 15) is 9.59 Å². The van der Waals surface area contributed by atoms with E-state index in [1.165, 1.54) is 16.7 Å². The zero-order chi connectivity index (χ0) is 24.9. The summed E-state index contributed by atoms with van der Waals surface area (Å²) in [7, 11) is 0. The molecule has 1 aromatic heterocycles. The zero-order valence-electron chi connectivity index (χ0n) is 20.8. The maximum atomic E-state index is 14.1. The Hall–Kier alpha value is -3.86. The van der Waals surface area contributed by atoms with Gasteiger partial charge in [-0.2, -0.15) is 0 Å². The van der Waals surface area contributed by atoms with Crippen LogP contribution in [0.25, 0.3) is 10.9 Å². The van der Waals surface area contributed by atoms with Crippen LogP contribution in [0, 0.1) is 6.92 Å². The van der Waals surface area contributed by atoms with Gasteiger partial charge in [0.15, 0.2) is 5.54 Å². The molecule has 182 valence electrons. The number of hydrogen-bond donors (Lipinski definition) is 1. The van der Waals surface area contributed by atoms with E-state index in [1.807, 2.05) is 42.2 Å². The highest BCUT2D eigenvalue weighted by atomic mass is 16.2. The Labute approximate surface area is 211 Å². The fraction of sp³-hybridized carbons (Fsp3) is 0.290. The number of para-hydroxylation sites is 1. The summed E-state index contributed by atoms with van der Waals surface area (Å²) < 4.78 is 0. The van der Waals surface area contributed by atoms with Crippen LogP contribution in [0.1, 0.15) is 47.2 Å². The number of aryl methyl sites for hydroxylation is 2. The zero-order valence-corrected chi connectivity index (χ0v) is 20.8. The number of piperazine rings is 1. The molecule has 2 aliphatic rings. The standard InChI is InChI=1S/C31H31N3O2/c1-21-14-16-23(17-15-21)25-19-34-27(35)20-33(18-8-11-22-9-4-3-5-10-22)30(36)31(34,2)29-28(25)24-12-6-7-13-26(24)32-29/h3-7,9-10,12-17,25,32H,8,11,18-20H2,1-2H3/t25?,31-/m0/s1. The summed E-state index contributed by atoms with van der Waals surface area (Å²) >= 11 is 0. The second-order valence-electron chi connectivity index (χ2n) is 10.3. The van der Waals surface area contributed by atoms with Crippen LogP contribution < -0.4 is 0 Å². The fourth-order valence-corrected chi connectivity index (χ4v) is 6.07. The molecule has 3 heterocycles. The molecule has 2 atom stereocenters. The summed E-state index contributed by atoms with van der Waals surface area (Å²) in [5, 5.41) is 1.13. The molecule has 0 saturated carbocycles. The lowest BCUT2D eigenvalue weighted by Gasteiger charge is -2.51. The number of aromatic amines is 1. The van der Waals surface area contributed by atoms with Crippen molar-refractivity contribution in [3.63, 3.8) is 0 Å². The quantitative estimate of drug-likeness (QED) is 0.433. The van der Waals surface area contributed by atoms with Gasteiger partial charge in [-0.25, -0.2) is 0 Å². The van der Waals surface area contributed by atoms with Crippen molar-refractivity contribution in [3.05, 3.63) is 107 Å². The third kappa shape index (κ3) is 3.53. The van der Waals surface area contributed by atoms with Gasteiger partial charge in [-0.3, -0.25) is 9.59 Å². The van der Waals surface area contributed by atoms with Crippen molar-refractivity contribution in [3.8, 4) is 0 Å². The van der Waals surface area contributed by atoms with Crippen molar-refractivity contribution in [2.75, 3.05) is 19.6 Å². The number of rotatable bonds is 5. The summed E-state index contributed by atoms with van der Waals surface area (Å²) in [5.41, 5.74) is 5.57. The molecule has 0 bridgehead atoms. The molecule has 5 nitrogen and oxygen atoms in total. The summed E-state index contributed by atoms with van der Waals surface area (Å²) in [6.07, 6.45) is 1.71. The van der Waals surface area contributed by atoms with Gasteiger partial charge in [-0.1, -0.05) is 78.4 Å². The van der Waals surface area contributed by atoms with Gasteiger partial charge in [-0.05, 0) is 49.4 Å². The van der Waals surface area contributed by atoms with Crippen LogP contribution in [0.5, 0.6) is 0 Å². The van der Waals surface area contributed by atoms with Gasteiger partial charge in [0, 0.05) is 29.9 Å². The summed E-state index contributed by atoms with van der Waals surface area (Å²) in [6, 6.07) is 27.1. The van der Waals surface area contributed by atoms with Crippen molar-refractivity contribution in [2.24, 2.45) is 0 Å². The Kier molecular flexibility index (Phi) is 5.44. The molecular formula is C31H31N3O2. The molecule has 6 rings (SSSR count). The predicted molar refractivity (Wildman–Crippen MR) is 142 cm³/mol. The number of benzene rings is 3. The highest BCUT2D eigenvalue weighted by Gasteiger charge is 2.56. The van der Waals surface area contributed by atoms with E-state index in [0.29, 0.717) is 13.1 Å². The SMILES string of the molecule is Cc1ccc(C2CN3C(=O)CN(CCCc4ccccc4)C(=O)[C@]3(C)c3[nH]c4ccccc4c32)cc1. The summed E-state index contributed by atoms with van der Waals surface area (Å²) in [5.74, 6) is 0.0229. The first-order chi connectivity index (χ1) is 17.5. The highest BCUT2D eigenvalue weighted by molar-refractivity contribution is 6.01. The number of nitrogens with one attached hydrogen (secondary N) is 1. The number of hydrogen-bond acceptors (Lipinski definition) is 2. The van der Waals surface area contributed by atoms with Crippen LogP contribution in [-0.2, 0) is 21.5 Å². The van der Waals surface area contributed by atoms with Crippen molar-refractivity contribution < 1.29 is 9.59 Å². The molecule has 2 aliphatic heterocycles. The molecule has 36 heavy (non-hydrogen) atoms. The number of aromatic nitrogens is 1. The van der Waals surface area contributed by atoms with Gasteiger partial charge in [0.2, 0.25) is 5.91 Å². The largest absolute Gasteiger partial charge is 0.356 e. The van der Waals surface area contributed by atoms with E-state index in [0.717, 1.165) is 35.0 Å². The molecule has 3 aromatic carbocycles. The second-order valence-corrected chi connectivity index (χ2v) is 10.3. The lowest BCUT2D eigenvalue weighted by atomic mass is 9.76. The lowest BCUT2D eigenvalue weighted by molar-refractivity contribution is -0.166. The van der Waals surface area contributed by atoms with Gasteiger partial charge in [0.1, 0.15) is 0 Å². The molecule has 1 saturated heterocycles. The average molecular weight is 478 g/mol. The molecule has 0 aliphatic carbocycles. The third-order valence-electron chi connectivity index (χ3n) is 8.03. The first-order valence-corrected chi connectivity index (χ1v) is 12.8. The Balaban J connectivity index is 1.39. The molecule has 5 heteroatoms. The van der Waals surface area contributed by atoms with E-state index >= 15 is 0 Å². The fourth-order valence-electron chi connectivity index (χ4n) is 6.07. The minimum absolute atomic E-state index is 0.00493. The Morgan fingerprint density at radius 1 is 0.944 bits per heavy atom. The van der Waals surface area contributed by atoms with Gasteiger partial charge in [0.25, 0.3) is 5.91 Å². The Morgan fingerprint density at radius 3 is 2.44 bits per heavy atom. The number of carbonyl (C=O) groups excluding carboxylic acids is 2. The van der Waals surface area contributed by atoms with E-state index in [-0.39, 0.29) is 24.3 Å². The number of nitrogens with zero attached hydrogens (tertiary/aromatic N) is 2. The predicted octanol–water partition coefficient (Wildman–Crippen LogP) is 5.14. The van der Waals surface area contributed by atoms with Crippen LogP contribution in [0.4, 0.5) is 0 Å². The topological polar surface area (TPSA) is 56.4 Å². The van der Waals surface area contributed by atoms with E-state index < -0.39 is 5.54 Å². The van der Waals surface area contributed by atoms with Gasteiger partial charge in [-0.15, -0.1) is 0 Å². The molecule has 1 N–H and O–H groups in total. The van der Waals surface area contributed by atoms with Crippen molar-refractivity contribution in [2.45, 2.75) is 38.1 Å². The minimum Gasteiger partial charge on any atom is -0.356 e. The Bertz CT molecular complexity index is 1440. The summed E-state index contributed by atoms with van der Waals surface area (Å²) in [6.45, 7) is 5.21. The molecule has 4 aromatic rings. The monoisotopic (exact) mass is 477 g/mol. The number of carbonyl (C=O) groups is 2. The first-order valence-electron chi connectivity index (χ1n) is 12.8. The van der Waals surface area contributed by atoms with Crippen LogP contribution in [0.3, 0.4) is 0 Å². The van der Waals surface area contributed by atoms with Gasteiger partial charge >= 0.3 is 0 Å². The highest BCUT2D eigenvalue weighted by Crippen LogP contribution is 2.48. The minimum atomic E-state index is -1.04. The lowest BCUT2D eigenvalue weighted by Crippen LogP contribution is -2.67. The maximum Gasteiger partial charge on any atom is 0.254 e. The normalized spacial score (nSPS) is 21.6. The number of H-pyrrole nitrogens is 1. The van der Waals surface area contributed by atoms with Crippen molar-refractivity contribution in [1.82, 2.24) is 14.8 Å². The average Bonchev–Trinajstić information content (AvgIpc) is 3.29. The van der Waals surface area contributed by atoms with Crippen molar-refractivity contribution in [1.29, 1.82) is 0 Å². The Morgan fingerprint density at radius 2 is 1.67 bits per heavy atom. The molecule has 1 fully saturated rings. The van der Waals surface area contributed by atoms with E-state index in [1.54, 1.807) is 4.90 Å². The van der Waals surface area contributed by atoms with Crippen LogP contribution in [0.15, 0.2) is 78.9 Å². The maximum absolute atomic E-state index is 14.1. The van der Waals surface area contributed by atoms with Crippen molar-refractivity contribution >= 4 is 22.7 Å². The van der Waals surface area contributed by atoms with E-state index in [2.05, 4.69) is 60.4 Å². The molecule has 0 radical (unpaired) electrons. The summed E-state index contributed by atoms with van der Waals surface area (Å²) in [4.78, 5) is 34.9. The van der Waals surface area contributed by atoms with Crippen LogP contribution in [0.2, 0.25) is 0 Å². The molecule has 0 spiro atoms. The molecule has 1 unspecified atom stereocenters. The van der Waals surface area contributed by atoms with Crippen LogP contribution in [-0.4, -0.2) is 46.2 Å². The number of fused-ring (bicyclic) bond motifs is 5. The van der Waals surface area contributed by atoms with Crippen LogP contribution >= 0.6 is 0 Å². The van der Waals surface area contributed by atoms with Gasteiger partial charge in [0.05, 0.1) is 12.2 Å². The van der Waals surface area contributed by atoms with Gasteiger partial charge < -0.3 is 14.8 Å². The molecular weight excluding hydrogens is 446 g/mol. The van der Waals surface area contributed by atoms with E-state index in [4.69, 9.17) is 0 Å². The molecule has 2 amide bonds. The third-order valence-corrected chi connectivity index (χ3v) is 8.03.